The van der Waals surface area contributed by atoms with Gasteiger partial charge in [0.2, 0.25) is 0 Å². The van der Waals surface area contributed by atoms with Crippen molar-refractivity contribution in [3.63, 3.8) is 0 Å². The van der Waals surface area contributed by atoms with Gasteiger partial charge in [-0.15, -0.1) is 0 Å². The molecule has 1 aromatic rings. The summed E-state index contributed by atoms with van der Waals surface area (Å²) in [5.41, 5.74) is 1.83. The lowest BCUT2D eigenvalue weighted by Gasteiger charge is -2.23. The van der Waals surface area contributed by atoms with Crippen molar-refractivity contribution in [2.24, 2.45) is 0 Å². The van der Waals surface area contributed by atoms with Crippen LogP contribution in [0, 0.1) is 6.92 Å². The molecule has 0 aliphatic carbocycles. The minimum absolute atomic E-state index is 0.0248. The Morgan fingerprint density at radius 1 is 1.19 bits per heavy atom. The number of carbonyl (C=O) groups is 1. The molecule has 0 unspecified atom stereocenters. The first-order valence-electron chi connectivity index (χ1n) is 8.32. The van der Waals surface area contributed by atoms with Gasteiger partial charge in [0.15, 0.2) is 0 Å². The number of hydrogen-bond acceptors (Lipinski definition) is 6. The Labute approximate surface area is 156 Å². The Morgan fingerprint density at radius 3 is 2.35 bits per heavy atom. The zero-order chi connectivity index (χ0) is 20.0. The summed E-state index contributed by atoms with van der Waals surface area (Å²) in [7, 11) is -0.492. The summed E-state index contributed by atoms with van der Waals surface area (Å²) in [6.45, 7) is 11.9. The average molecular weight is 384 g/mol. The van der Waals surface area contributed by atoms with Crippen LogP contribution in [0.3, 0.4) is 0 Å². The summed E-state index contributed by atoms with van der Waals surface area (Å²) in [4.78, 5) is 12.3. The quantitative estimate of drug-likeness (QED) is 0.208. The van der Waals surface area contributed by atoms with E-state index < -0.39 is 13.6 Å². The van der Waals surface area contributed by atoms with Crippen LogP contribution in [0.15, 0.2) is 30.4 Å². The van der Waals surface area contributed by atoms with Gasteiger partial charge in [-0.3, -0.25) is 4.57 Å². The second-order valence-corrected chi connectivity index (χ2v) is 9.35. The first-order valence-corrected chi connectivity index (χ1v) is 10.0. The van der Waals surface area contributed by atoms with Crippen LogP contribution in [0.2, 0.25) is 0 Å². The van der Waals surface area contributed by atoms with Gasteiger partial charge < -0.3 is 18.5 Å². The van der Waals surface area contributed by atoms with Gasteiger partial charge in [-0.05, 0) is 17.9 Å². The van der Waals surface area contributed by atoms with Crippen LogP contribution in [0.4, 0.5) is 0 Å². The van der Waals surface area contributed by atoms with Gasteiger partial charge in [-0.1, -0.05) is 45.5 Å². The number of para-hydroxylation sites is 1. The number of benzene rings is 1. The van der Waals surface area contributed by atoms with Crippen LogP contribution >= 0.6 is 7.60 Å². The highest BCUT2D eigenvalue weighted by Gasteiger charge is 2.23. The van der Waals surface area contributed by atoms with Crippen molar-refractivity contribution in [3.8, 4) is 5.75 Å². The Hall–Kier alpha value is -1.46. The van der Waals surface area contributed by atoms with Crippen LogP contribution < -0.4 is 4.74 Å². The molecule has 0 spiro atoms. The topological polar surface area (TPSA) is 71.1 Å². The Bertz CT molecular complexity index is 682. The van der Waals surface area contributed by atoms with Crippen LogP contribution in [0.25, 0.3) is 0 Å². The van der Waals surface area contributed by atoms with Gasteiger partial charge >= 0.3 is 13.6 Å². The van der Waals surface area contributed by atoms with Crippen molar-refractivity contribution in [2.75, 3.05) is 33.6 Å². The zero-order valence-corrected chi connectivity index (χ0v) is 17.4. The lowest BCUT2D eigenvalue weighted by atomic mass is 9.85. The number of carbonyl (C=O) groups excluding carboxylic acids is 1. The van der Waals surface area contributed by atoms with Gasteiger partial charge in [-0.2, -0.15) is 0 Å². The van der Waals surface area contributed by atoms with Gasteiger partial charge in [0.1, 0.15) is 5.75 Å². The molecule has 7 heteroatoms. The van der Waals surface area contributed by atoms with E-state index in [0.29, 0.717) is 5.75 Å². The number of aryl methyl sites for hydroxylation is 1. The molecule has 1 rings (SSSR count). The molecule has 0 saturated carbocycles. The summed E-state index contributed by atoms with van der Waals surface area (Å²) in [6, 6.07) is 5.78. The van der Waals surface area contributed by atoms with Crippen LogP contribution in [-0.2, 0) is 28.6 Å². The highest BCUT2D eigenvalue weighted by molar-refractivity contribution is 7.53. The lowest BCUT2D eigenvalue weighted by Crippen LogP contribution is -2.20. The standard InChI is InChI=1S/C19H29O6P/c1-14-9-8-10-16(19(3,4)5)17(14)25-18(20)15(2)13-24-11-12-26(21,22-6)23-7/h8-10H,2,11-13H2,1,3-7H3. The highest BCUT2D eigenvalue weighted by Crippen LogP contribution is 2.45. The fourth-order valence-corrected chi connectivity index (χ4v) is 3.10. The van der Waals surface area contributed by atoms with Crippen LogP contribution in [-0.4, -0.2) is 39.6 Å². The molecule has 6 nitrogen and oxygen atoms in total. The summed E-state index contributed by atoms with van der Waals surface area (Å²) >= 11 is 0. The molecule has 0 atom stereocenters. The Kier molecular flexibility index (Phi) is 8.22. The highest BCUT2D eigenvalue weighted by atomic mass is 31.2. The van der Waals surface area contributed by atoms with E-state index in [1.165, 1.54) is 14.2 Å². The average Bonchev–Trinajstić information content (AvgIpc) is 2.58. The molecule has 146 valence electrons. The van der Waals surface area contributed by atoms with Gasteiger partial charge in [0, 0.05) is 19.8 Å². The molecule has 0 aliphatic heterocycles. The molecule has 0 heterocycles. The Morgan fingerprint density at radius 2 is 1.81 bits per heavy atom. The first-order chi connectivity index (χ1) is 12.0. The molecule has 0 bridgehead atoms. The second-order valence-electron chi connectivity index (χ2n) is 6.95. The van der Waals surface area contributed by atoms with E-state index in [4.69, 9.17) is 18.5 Å². The second kappa shape index (κ2) is 9.47. The van der Waals surface area contributed by atoms with E-state index in [-0.39, 0.29) is 30.4 Å². The Balaban J connectivity index is 2.67. The van der Waals surface area contributed by atoms with E-state index in [1.54, 1.807) is 0 Å². The smallest absolute Gasteiger partial charge is 0.341 e. The zero-order valence-electron chi connectivity index (χ0n) is 16.5. The number of ether oxygens (including phenoxy) is 2. The molecule has 0 amide bonds. The third-order valence-corrected chi connectivity index (χ3v) is 5.69. The summed E-state index contributed by atoms with van der Waals surface area (Å²) in [6.07, 6.45) is 0.0916. The molecule has 0 saturated heterocycles. The third kappa shape index (κ3) is 6.36. The fraction of sp³-hybridized carbons (Fsp3) is 0.526. The van der Waals surface area contributed by atoms with Gasteiger partial charge in [0.25, 0.3) is 0 Å². The number of esters is 1. The summed E-state index contributed by atoms with van der Waals surface area (Å²) in [5, 5.41) is 0. The van der Waals surface area contributed by atoms with E-state index in [9.17, 15) is 9.36 Å². The molecule has 26 heavy (non-hydrogen) atoms. The predicted octanol–water partition coefficient (Wildman–Crippen LogP) is 4.26. The van der Waals surface area contributed by atoms with Gasteiger partial charge in [-0.25, -0.2) is 4.79 Å². The van der Waals surface area contributed by atoms with Crippen LogP contribution in [0.5, 0.6) is 5.75 Å². The lowest BCUT2D eigenvalue weighted by molar-refractivity contribution is -0.130. The number of hydrogen-bond donors (Lipinski definition) is 0. The van der Waals surface area contributed by atoms with Crippen molar-refractivity contribution in [3.05, 3.63) is 41.5 Å². The SMILES string of the molecule is C=C(COCCP(=O)(OC)OC)C(=O)Oc1c(C)cccc1C(C)(C)C. The fourth-order valence-electron chi connectivity index (χ4n) is 2.23. The van der Waals surface area contributed by atoms with E-state index in [0.717, 1.165) is 11.1 Å². The maximum atomic E-state index is 12.3. The van der Waals surface area contributed by atoms with E-state index in [2.05, 4.69) is 27.4 Å². The van der Waals surface area contributed by atoms with Crippen molar-refractivity contribution in [2.45, 2.75) is 33.1 Å². The third-order valence-electron chi connectivity index (χ3n) is 3.85. The summed E-state index contributed by atoms with van der Waals surface area (Å²) < 4.78 is 32.5. The molecule has 0 radical (unpaired) electrons. The minimum atomic E-state index is -3.12. The van der Waals surface area contributed by atoms with Crippen molar-refractivity contribution in [1.29, 1.82) is 0 Å². The van der Waals surface area contributed by atoms with Crippen LogP contribution in [0.1, 0.15) is 31.9 Å². The molecule has 0 N–H and O–H groups in total. The molecular formula is C19H29O6P. The maximum Gasteiger partial charge on any atom is 0.341 e. The molecule has 1 aromatic carbocycles. The van der Waals surface area contributed by atoms with Gasteiger partial charge in [0.05, 0.1) is 24.9 Å². The van der Waals surface area contributed by atoms with E-state index in [1.807, 2.05) is 25.1 Å². The molecular weight excluding hydrogens is 355 g/mol. The largest absolute Gasteiger partial charge is 0.423 e. The molecule has 0 fully saturated rings. The van der Waals surface area contributed by atoms with Crippen molar-refractivity contribution in [1.82, 2.24) is 0 Å². The maximum absolute atomic E-state index is 12.3. The van der Waals surface area contributed by atoms with E-state index >= 15 is 0 Å². The monoisotopic (exact) mass is 384 g/mol. The number of rotatable bonds is 9. The minimum Gasteiger partial charge on any atom is -0.423 e. The normalized spacial score (nSPS) is 12.1. The molecule has 0 aliphatic rings. The summed E-state index contributed by atoms with van der Waals surface area (Å²) in [5.74, 6) is 0.000817. The molecule has 0 aromatic heterocycles. The van der Waals surface area contributed by atoms with Crippen molar-refractivity contribution < 1.29 is 27.9 Å². The predicted molar refractivity (Wildman–Crippen MR) is 102 cm³/mol. The first kappa shape index (κ1) is 22.6. The van der Waals surface area contributed by atoms with Crippen molar-refractivity contribution >= 4 is 13.6 Å².